The third kappa shape index (κ3) is 6.06. The lowest BCUT2D eigenvalue weighted by Gasteiger charge is -2.33. The Balaban J connectivity index is 2.56. The van der Waals surface area contributed by atoms with Gasteiger partial charge in [0.15, 0.2) is 0 Å². The molecule has 33 heavy (non-hydrogen) atoms. The van der Waals surface area contributed by atoms with Crippen molar-refractivity contribution in [1.82, 2.24) is 5.32 Å². The van der Waals surface area contributed by atoms with Crippen LogP contribution >= 0.6 is 0 Å². The maximum Gasteiger partial charge on any atom is 0.329 e. The van der Waals surface area contributed by atoms with Crippen molar-refractivity contribution in [3.05, 3.63) is 46.9 Å². The molecule has 1 aromatic carbocycles. The number of methoxy groups -OCH3 is 1. The van der Waals surface area contributed by atoms with Gasteiger partial charge in [0.1, 0.15) is 23.4 Å². The first kappa shape index (κ1) is 26.2. The van der Waals surface area contributed by atoms with Crippen LogP contribution in [-0.2, 0) is 23.9 Å². The highest BCUT2D eigenvalue weighted by Gasteiger charge is 2.43. The number of carbonyl (C=O) groups is 3. The van der Waals surface area contributed by atoms with Crippen molar-refractivity contribution < 1.29 is 28.2 Å². The molecular weight excluding hydrogens is 427 g/mol. The number of halogens is 1. The number of ether oxygens (including phenoxy) is 2. The summed E-state index contributed by atoms with van der Waals surface area (Å²) in [5.41, 5.74) is 0.296. The second-order valence-corrected chi connectivity index (χ2v) is 9.48. The molecule has 2 rings (SSSR count). The summed E-state index contributed by atoms with van der Waals surface area (Å²) in [4.78, 5) is 43.4. The molecule has 0 aliphatic carbocycles. The van der Waals surface area contributed by atoms with Crippen molar-refractivity contribution in [1.29, 1.82) is 0 Å². The topological polar surface area (TPSA) is 94.1 Å². The van der Waals surface area contributed by atoms with Gasteiger partial charge in [0.2, 0.25) is 5.91 Å². The molecule has 8 heteroatoms. The Morgan fingerprint density at radius 3 is 2.24 bits per heavy atom. The molecule has 1 aromatic rings. The molecule has 0 aromatic heterocycles. The van der Waals surface area contributed by atoms with E-state index >= 15 is 0 Å². The standard InChI is InChI=1S/C25H33FN2O5/c1-13(2)21(24(31)33-25(5,6)7)28-22(29)18-14(3)27-15(4)19(23(30)32-8)20(18)16-11-9-10-12-17(16)26/h9-13,19-21H,1-8H3,(H,28,29). The third-order valence-electron chi connectivity index (χ3n) is 5.38. The van der Waals surface area contributed by atoms with Gasteiger partial charge in [-0.25, -0.2) is 9.18 Å². The first-order valence-corrected chi connectivity index (χ1v) is 10.9. The van der Waals surface area contributed by atoms with Crippen molar-refractivity contribution in [2.24, 2.45) is 16.8 Å². The van der Waals surface area contributed by atoms with E-state index in [9.17, 15) is 18.8 Å². The molecule has 7 nitrogen and oxygen atoms in total. The Morgan fingerprint density at radius 2 is 1.73 bits per heavy atom. The van der Waals surface area contributed by atoms with E-state index in [-0.39, 0.29) is 17.1 Å². The molecule has 0 saturated heterocycles. The molecule has 3 atom stereocenters. The van der Waals surface area contributed by atoms with Crippen LogP contribution in [0.4, 0.5) is 4.39 Å². The van der Waals surface area contributed by atoms with Crippen molar-refractivity contribution in [2.45, 2.75) is 66.0 Å². The van der Waals surface area contributed by atoms with Crippen molar-refractivity contribution in [2.75, 3.05) is 7.11 Å². The lowest BCUT2D eigenvalue weighted by molar-refractivity contribution is -0.159. The fraction of sp³-hybridized carbons (Fsp3) is 0.520. The molecule has 0 bridgehead atoms. The predicted octanol–water partition coefficient (Wildman–Crippen LogP) is 3.93. The molecule has 180 valence electrons. The SMILES string of the molecule is COC(=O)C1C(C)=NC(C)=C(C(=O)NC(C(=O)OC(C)(C)C)C(C)C)C1c1ccccc1F. The molecule has 1 amide bonds. The van der Waals surface area contributed by atoms with Gasteiger partial charge < -0.3 is 14.8 Å². The zero-order valence-corrected chi connectivity index (χ0v) is 20.5. The van der Waals surface area contributed by atoms with Crippen molar-refractivity contribution in [3.8, 4) is 0 Å². The second-order valence-electron chi connectivity index (χ2n) is 9.48. The Bertz CT molecular complexity index is 991. The lowest BCUT2D eigenvalue weighted by Crippen LogP contribution is -2.49. The first-order valence-electron chi connectivity index (χ1n) is 10.9. The number of amides is 1. The number of nitrogens with one attached hydrogen (secondary N) is 1. The summed E-state index contributed by atoms with van der Waals surface area (Å²) in [6.45, 7) is 12.1. The van der Waals surface area contributed by atoms with Gasteiger partial charge in [-0.3, -0.25) is 14.6 Å². The van der Waals surface area contributed by atoms with Crippen LogP contribution in [0, 0.1) is 17.7 Å². The maximum absolute atomic E-state index is 14.9. The number of esters is 2. The Hall–Kier alpha value is -3.03. The van der Waals surface area contributed by atoms with Crippen LogP contribution in [0.3, 0.4) is 0 Å². The summed E-state index contributed by atoms with van der Waals surface area (Å²) < 4.78 is 25.3. The summed E-state index contributed by atoms with van der Waals surface area (Å²) in [5.74, 6) is -4.62. The fourth-order valence-corrected chi connectivity index (χ4v) is 3.91. The highest BCUT2D eigenvalue weighted by atomic mass is 19.1. The van der Waals surface area contributed by atoms with Gasteiger partial charge in [-0.1, -0.05) is 32.0 Å². The number of rotatable bonds is 6. The zero-order chi connectivity index (χ0) is 25.1. The monoisotopic (exact) mass is 460 g/mol. The average Bonchev–Trinajstić information content (AvgIpc) is 2.69. The van der Waals surface area contributed by atoms with E-state index in [1.54, 1.807) is 54.5 Å². The van der Waals surface area contributed by atoms with Gasteiger partial charge in [0.05, 0.1) is 7.11 Å². The van der Waals surface area contributed by atoms with Crippen LogP contribution in [0.1, 0.15) is 59.9 Å². The first-order chi connectivity index (χ1) is 15.3. The van der Waals surface area contributed by atoms with E-state index in [0.717, 1.165) is 0 Å². The lowest BCUT2D eigenvalue weighted by atomic mass is 9.75. The van der Waals surface area contributed by atoms with Gasteiger partial charge in [0.25, 0.3) is 0 Å². The molecular formula is C25H33FN2O5. The van der Waals surface area contributed by atoms with Crippen LogP contribution in [0.5, 0.6) is 0 Å². The van der Waals surface area contributed by atoms with Crippen molar-refractivity contribution >= 4 is 23.6 Å². The molecule has 1 N–H and O–H groups in total. The van der Waals surface area contributed by atoms with E-state index in [1.165, 1.54) is 25.3 Å². The summed E-state index contributed by atoms with van der Waals surface area (Å²) >= 11 is 0. The largest absolute Gasteiger partial charge is 0.468 e. The molecule has 1 aliphatic heterocycles. The molecule has 3 unspecified atom stereocenters. The number of hydrogen-bond donors (Lipinski definition) is 1. The molecule has 0 spiro atoms. The number of allylic oxidation sites excluding steroid dienone is 1. The van der Waals surface area contributed by atoms with Gasteiger partial charge in [-0.15, -0.1) is 0 Å². The van der Waals surface area contributed by atoms with Crippen LogP contribution in [-0.4, -0.2) is 42.3 Å². The third-order valence-corrected chi connectivity index (χ3v) is 5.38. The number of hydrogen-bond acceptors (Lipinski definition) is 6. The minimum absolute atomic E-state index is 0.107. The number of carbonyl (C=O) groups excluding carboxylic acids is 3. The highest BCUT2D eigenvalue weighted by molar-refractivity contribution is 6.08. The van der Waals surface area contributed by atoms with E-state index in [0.29, 0.717) is 11.4 Å². The van der Waals surface area contributed by atoms with Gasteiger partial charge in [-0.05, 0) is 52.2 Å². The van der Waals surface area contributed by atoms with Crippen LogP contribution < -0.4 is 5.32 Å². The van der Waals surface area contributed by atoms with E-state index < -0.39 is 47.1 Å². The maximum atomic E-state index is 14.9. The predicted molar refractivity (Wildman–Crippen MR) is 123 cm³/mol. The molecule has 1 heterocycles. The zero-order valence-electron chi connectivity index (χ0n) is 20.5. The van der Waals surface area contributed by atoms with Crippen molar-refractivity contribution in [3.63, 3.8) is 0 Å². The smallest absolute Gasteiger partial charge is 0.329 e. The fourth-order valence-electron chi connectivity index (χ4n) is 3.91. The van der Waals surface area contributed by atoms with Crippen LogP contribution in [0.2, 0.25) is 0 Å². The van der Waals surface area contributed by atoms with E-state index in [1.807, 2.05) is 0 Å². The number of benzene rings is 1. The summed E-state index contributed by atoms with van der Waals surface area (Å²) in [7, 11) is 1.23. The highest BCUT2D eigenvalue weighted by Crippen LogP contribution is 2.40. The minimum Gasteiger partial charge on any atom is -0.468 e. The Labute approximate surface area is 194 Å². The number of aliphatic imine (C=N–C) groups is 1. The molecule has 0 saturated carbocycles. The summed E-state index contributed by atoms with van der Waals surface area (Å²) in [6.07, 6.45) is 0. The van der Waals surface area contributed by atoms with Gasteiger partial charge in [-0.2, -0.15) is 0 Å². The Kier molecular flexibility index (Phi) is 8.16. The van der Waals surface area contributed by atoms with E-state index in [2.05, 4.69) is 10.3 Å². The number of nitrogens with zero attached hydrogens (tertiary/aromatic N) is 1. The quantitative estimate of drug-likeness (QED) is 0.649. The minimum atomic E-state index is -0.990. The normalized spacial score (nSPS) is 19.6. The molecule has 0 fully saturated rings. The summed E-state index contributed by atoms with van der Waals surface area (Å²) in [6, 6.07) is 5.03. The van der Waals surface area contributed by atoms with E-state index in [4.69, 9.17) is 9.47 Å². The molecule has 1 aliphatic rings. The Morgan fingerprint density at radius 1 is 1.12 bits per heavy atom. The average molecular weight is 461 g/mol. The summed E-state index contributed by atoms with van der Waals surface area (Å²) in [5, 5.41) is 2.74. The molecule has 0 radical (unpaired) electrons. The van der Waals surface area contributed by atoms with Crippen LogP contribution in [0.25, 0.3) is 0 Å². The van der Waals surface area contributed by atoms with Gasteiger partial charge in [0, 0.05) is 22.9 Å². The van der Waals surface area contributed by atoms with Crippen LogP contribution in [0.15, 0.2) is 40.5 Å². The van der Waals surface area contributed by atoms with Gasteiger partial charge >= 0.3 is 11.9 Å². The second kappa shape index (κ2) is 10.3.